The quantitative estimate of drug-likeness (QED) is 0.782. The van der Waals surface area contributed by atoms with Gasteiger partial charge in [-0.1, -0.05) is 6.07 Å². The Balaban J connectivity index is 1.52. The van der Waals surface area contributed by atoms with Crippen LogP contribution in [0.15, 0.2) is 23.6 Å². The van der Waals surface area contributed by atoms with E-state index in [1.807, 2.05) is 42.4 Å². The zero-order valence-corrected chi connectivity index (χ0v) is 15.3. The molecule has 0 bridgehead atoms. The number of thiophene rings is 1. The Bertz CT molecular complexity index is 893. The van der Waals surface area contributed by atoms with Crippen molar-refractivity contribution in [3.05, 3.63) is 46.2 Å². The summed E-state index contributed by atoms with van der Waals surface area (Å²) in [6, 6.07) is 6.05. The number of nitrogens with zero attached hydrogens (tertiary/aromatic N) is 4. The molecule has 3 aromatic heterocycles. The molecule has 0 saturated heterocycles. The number of nitrogens with one attached hydrogen (secondary N) is 1. The zero-order valence-electron chi connectivity index (χ0n) is 14.5. The minimum Gasteiger partial charge on any atom is -0.334 e. The van der Waals surface area contributed by atoms with Gasteiger partial charge in [-0.15, -0.1) is 11.3 Å². The SMILES string of the molecule is CN(Cc1cc(-c2cccs2)n[nH]1)C(=O)c1nn(C)c2c1CCCC2. The molecular weight excluding hydrogens is 334 g/mol. The molecule has 0 fully saturated rings. The molecule has 0 spiro atoms. The first kappa shape index (κ1) is 16.1. The third kappa shape index (κ3) is 3.00. The first-order valence-electron chi connectivity index (χ1n) is 8.52. The van der Waals surface area contributed by atoms with Gasteiger partial charge in [0.2, 0.25) is 0 Å². The fraction of sp³-hybridized carbons (Fsp3) is 0.389. The second-order valence-electron chi connectivity index (χ2n) is 6.52. The normalized spacial score (nSPS) is 13.7. The summed E-state index contributed by atoms with van der Waals surface area (Å²) in [6.07, 6.45) is 4.27. The van der Waals surface area contributed by atoms with Crippen molar-refractivity contribution in [1.82, 2.24) is 24.9 Å². The average Bonchev–Trinajstić information content (AvgIpc) is 3.35. The summed E-state index contributed by atoms with van der Waals surface area (Å²) < 4.78 is 1.88. The Kier molecular flexibility index (Phi) is 4.17. The van der Waals surface area contributed by atoms with Crippen LogP contribution in [0, 0.1) is 0 Å². The number of hydrogen-bond acceptors (Lipinski definition) is 4. The van der Waals surface area contributed by atoms with Crippen molar-refractivity contribution in [2.75, 3.05) is 7.05 Å². The summed E-state index contributed by atoms with van der Waals surface area (Å²) in [6.45, 7) is 0.489. The van der Waals surface area contributed by atoms with E-state index in [1.165, 1.54) is 12.1 Å². The van der Waals surface area contributed by atoms with Crippen LogP contribution >= 0.6 is 11.3 Å². The maximum atomic E-state index is 12.9. The molecule has 0 saturated carbocycles. The summed E-state index contributed by atoms with van der Waals surface area (Å²) in [5, 5.41) is 13.9. The highest BCUT2D eigenvalue weighted by molar-refractivity contribution is 7.13. The molecule has 0 unspecified atom stereocenters. The maximum absolute atomic E-state index is 12.9. The Labute approximate surface area is 150 Å². The van der Waals surface area contributed by atoms with E-state index in [9.17, 15) is 4.79 Å². The van der Waals surface area contributed by atoms with Gasteiger partial charge in [-0.3, -0.25) is 14.6 Å². The van der Waals surface area contributed by atoms with Gasteiger partial charge >= 0.3 is 0 Å². The van der Waals surface area contributed by atoms with Crippen LogP contribution in [0.4, 0.5) is 0 Å². The molecule has 4 rings (SSSR count). The topological polar surface area (TPSA) is 66.8 Å². The molecular formula is C18H21N5OS. The monoisotopic (exact) mass is 355 g/mol. The lowest BCUT2D eigenvalue weighted by Crippen LogP contribution is -2.28. The first-order chi connectivity index (χ1) is 12.1. The third-order valence-corrected chi connectivity index (χ3v) is 5.62. The minimum atomic E-state index is -0.0222. The minimum absolute atomic E-state index is 0.0222. The number of amides is 1. The van der Waals surface area contributed by atoms with Crippen LogP contribution in [0.3, 0.4) is 0 Å². The van der Waals surface area contributed by atoms with Crippen molar-refractivity contribution < 1.29 is 4.79 Å². The van der Waals surface area contributed by atoms with E-state index < -0.39 is 0 Å². The van der Waals surface area contributed by atoms with Gasteiger partial charge in [0.15, 0.2) is 5.69 Å². The third-order valence-electron chi connectivity index (χ3n) is 4.73. The Morgan fingerprint density at radius 3 is 3.04 bits per heavy atom. The molecule has 0 radical (unpaired) electrons. The van der Waals surface area contributed by atoms with Crippen LogP contribution in [0.25, 0.3) is 10.6 Å². The van der Waals surface area contributed by atoms with Gasteiger partial charge in [0.25, 0.3) is 5.91 Å². The van der Waals surface area contributed by atoms with Gasteiger partial charge < -0.3 is 4.90 Å². The van der Waals surface area contributed by atoms with Crippen LogP contribution in [-0.4, -0.2) is 37.8 Å². The number of aromatic nitrogens is 4. The predicted molar refractivity (Wildman–Crippen MR) is 97.5 cm³/mol. The molecule has 3 aromatic rings. The second-order valence-corrected chi connectivity index (χ2v) is 7.47. The standard InChI is InChI=1S/C18H21N5OS/c1-22(11-12-10-14(20-19-12)16-8-5-9-25-16)18(24)17-13-6-3-4-7-15(13)23(2)21-17/h5,8-10H,3-4,6-7,11H2,1-2H3,(H,19,20). The predicted octanol–water partition coefficient (Wildman–Crippen LogP) is 3.02. The Morgan fingerprint density at radius 1 is 1.40 bits per heavy atom. The molecule has 6 nitrogen and oxygen atoms in total. The number of carbonyl (C=O) groups excluding carboxylic acids is 1. The number of aromatic amines is 1. The molecule has 25 heavy (non-hydrogen) atoms. The lowest BCUT2D eigenvalue weighted by molar-refractivity contribution is 0.0775. The summed E-state index contributed by atoms with van der Waals surface area (Å²) in [5.74, 6) is -0.0222. The average molecular weight is 355 g/mol. The Morgan fingerprint density at radius 2 is 2.24 bits per heavy atom. The number of fused-ring (bicyclic) bond motifs is 1. The van der Waals surface area contributed by atoms with E-state index in [-0.39, 0.29) is 5.91 Å². The molecule has 0 aromatic carbocycles. The smallest absolute Gasteiger partial charge is 0.274 e. The van der Waals surface area contributed by atoms with Gasteiger partial charge in [0.05, 0.1) is 17.1 Å². The van der Waals surface area contributed by atoms with Crippen LogP contribution in [0.5, 0.6) is 0 Å². The van der Waals surface area contributed by atoms with Gasteiger partial charge in [0, 0.05) is 25.4 Å². The van der Waals surface area contributed by atoms with E-state index >= 15 is 0 Å². The van der Waals surface area contributed by atoms with Crippen molar-refractivity contribution in [3.8, 4) is 10.6 Å². The second kappa shape index (κ2) is 6.48. The molecule has 3 heterocycles. The molecule has 1 amide bonds. The molecule has 0 aliphatic heterocycles. The van der Waals surface area contributed by atoms with Crippen LogP contribution in [-0.2, 0) is 26.4 Å². The van der Waals surface area contributed by atoms with E-state index in [1.54, 1.807) is 16.2 Å². The van der Waals surface area contributed by atoms with Crippen molar-refractivity contribution >= 4 is 17.2 Å². The van der Waals surface area contributed by atoms with E-state index in [4.69, 9.17) is 0 Å². The fourth-order valence-electron chi connectivity index (χ4n) is 3.45. The van der Waals surface area contributed by atoms with Gasteiger partial charge in [0.1, 0.15) is 5.69 Å². The number of H-pyrrole nitrogens is 1. The first-order valence-corrected chi connectivity index (χ1v) is 9.40. The molecule has 1 aliphatic rings. The van der Waals surface area contributed by atoms with E-state index in [2.05, 4.69) is 15.3 Å². The highest BCUT2D eigenvalue weighted by Gasteiger charge is 2.26. The molecule has 1 N–H and O–H groups in total. The highest BCUT2D eigenvalue weighted by Crippen LogP contribution is 2.26. The largest absolute Gasteiger partial charge is 0.334 e. The van der Waals surface area contributed by atoms with Crippen molar-refractivity contribution in [2.24, 2.45) is 7.05 Å². The lowest BCUT2D eigenvalue weighted by Gasteiger charge is -2.17. The van der Waals surface area contributed by atoms with Gasteiger partial charge in [-0.25, -0.2) is 0 Å². The van der Waals surface area contributed by atoms with Crippen LogP contribution in [0.1, 0.15) is 40.3 Å². The summed E-state index contributed by atoms with van der Waals surface area (Å²) >= 11 is 1.65. The molecule has 7 heteroatoms. The summed E-state index contributed by atoms with van der Waals surface area (Å²) in [7, 11) is 3.75. The van der Waals surface area contributed by atoms with Gasteiger partial charge in [-0.05, 0) is 43.2 Å². The number of hydrogen-bond donors (Lipinski definition) is 1. The van der Waals surface area contributed by atoms with Crippen molar-refractivity contribution in [3.63, 3.8) is 0 Å². The molecule has 0 atom stereocenters. The van der Waals surface area contributed by atoms with E-state index in [0.717, 1.165) is 41.1 Å². The molecule has 1 aliphatic carbocycles. The molecule has 130 valence electrons. The zero-order chi connectivity index (χ0) is 17.4. The maximum Gasteiger partial charge on any atom is 0.274 e. The number of carbonyl (C=O) groups is 1. The summed E-state index contributed by atoms with van der Waals surface area (Å²) in [5.41, 5.74) is 4.79. The van der Waals surface area contributed by atoms with Crippen molar-refractivity contribution in [1.29, 1.82) is 0 Å². The fourth-order valence-corrected chi connectivity index (χ4v) is 4.13. The Hall–Kier alpha value is -2.41. The van der Waals surface area contributed by atoms with Crippen LogP contribution < -0.4 is 0 Å². The number of aryl methyl sites for hydroxylation is 1. The van der Waals surface area contributed by atoms with Crippen LogP contribution in [0.2, 0.25) is 0 Å². The highest BCUT2D eigenvalue weighted by atomic mass is 32.1. The number of rotatable bonds is 4. The lowest BCUT2D eigenvalue weighted by atomic mass is 9.95. The summed E-state index contributed by atoms with van der Waals surface area (Å²) in [4.78, 5) is 15.7. The van der Waals surface area contributed by atoms with Crippen molar-refractivity contribution in [2.45, 2.75) is 32.2 Å². The van der Waals surface area contributed by atoms with Gasteiger partial charge in [-0.2, -0.15) is 10.2 Å². The van der Waals surface area contributed by atoms with E-state index in [0.29, 0.717) is 12.2 Å².